The minimum Gasteiger partial charge on any atom is -0.354 e. The van der Waals surface area contributed by atoms with Gasteiger partial charge in [0.2, 0.25) is 5.91 Å². The van der Waals surface area contributed by atoms with E-state index in [0.717, 1.165) is 16.5 Å². The van der Waals surface area contributed by atoms with Crippen LogP contribution in [0.3, 0.4) is 0 Å². The molecule has 0 radical (unpaired) electrons. The lowest BCUT2D eigenvalue weighted by Gasteiger charge is -2.06. The van der Waals surface area contributed by atoms with Crippen molar-refractivity contribution in [3.63, 3.8) is 0 Å². The van der Waals surface area contributed by atoms with Gasteiger partial charge in [-0.25, -0.2) is 4.98 Å². The van der Waals surface area contributed by atoms with E-state index in [9.17, 15) is 9.59 Å². The molecule has 1 aliphatic rings. The molecular formula is C17H18N4O2. The number of rotatable bonds is 4. The van der Waals surface area contributed by atoms with Crippen molar-refractivity contribution in [2.45, 2.75) is 26.3 Å². The van der Waals surface area contributed by atoms with E-state index in [1.54, 1.807) is 0 Å². The molecular weight excluding hydrogens is 292 g/mol. The lowest BCUT2D eigenvalue weighted by Crippen LogP contribution is -2.33. The Kier molecular flexibility index (Phi) is 3.18. The second-order valence-corrected chi connectivity index (χ2v) is 6.32. The summed E-state index contributed by atoms with van der Waals surface area (Å²) in [7, 11) is 0. The first-order chi connectivity index (χ1) is 11.1. The molecule has 1 fully saturated rings. The van der Waals surface area contributed by atoms with Gasteiger partial charge in [-0.15, -0.1) is 0 Å². The third kappa shape index (κ3) is 2.60. The monoisotopic (exact) mass is 310 g/mol. The maximum atomic E-state index is 12.6. The Morgan fingerprint density at radius 3 is 3.04 bits per heavy atom. The second kappa shape index (κ2) is 5.22. The predicted molar refractivity (Wildman–Crippen MR) is 88.3 cm³/mol. The summed E-state index contributed by atoms with van der Waals surface area (Å²) in [4.78, 5) is 32.0. The van der Waals surface area contributed by atoms with Crippen LogP contribution in [-0.4, -0.2) is 27.0 Å². The topological polar surface area (TPSA) is 79.8 Å². The van der Waals surface area contributed by atoms with E-state index in [2.05, 4.69) is 15.3 Å². The fraction of sp³-hybridized carbons (Fsp3) is 0.353. The number of aryl methyl sites for hydroxylation is 1. The zero-order valence-electron chi connectivity index (χ0n) is 12.9. The predicted octanol–water partition coefficient (Wildman–Crippen LogP) is 1.71. The summed E-state index contributed by atoms with van der Waals surface area (Å²) in [5.74, 6) is 0.473. The molecule has 0 atom stereocenters. The SMILES string of the molecule is Cc1ccc2[nH]c3c(=O)n(CC(=O)NCC4CC4)cnc3c2c1. The molecule has 0 spiro atoms. The van der Waals surface area contributed by atoms with Crippen molar-refractivity contribution in [2.75, 3.05) is 6.54 Å². The van der Waals surface area contributed by atoms with Crippen molar-refractivity contribution < 1.29 is 4.79 Å². The summed E-state index contributed by atoms with van der Waals surface area (Å²) >= 11 is 0. The van der Waals surface area contributed by atoms with Crippen LogP contribution in [-0.2, 0) is 11.3 Å². The third-order valence-corrected chi connectivity index (χ3v) is 4.33. The minimum atomic E-state index is -0.217. The average molecular weight is 310 g/mol. The molecule has 2 aromatic heterocycles. The van der Waals surface area contributed by atoms with Gasteiger partial charge < -0.3 is 10.3 Å². The minimum absolute atomic E-state index is 0.00286. The van der Waals surface area contributed by atoms with Gasteiger partial charge in [0.25, 0.3) is 5.56 Å². The number of hydrogen-bond acceptors (Lipinski definition) is 3. The summed E-state index contributed by atoms with van der Waals surface area (Å²) in [6.45, 7) is 2.71. The molecule has 3 aromatic rings. The molecule has 1 aliphatic carbocycles. The first-order valence-corrected chi connectivity index (χ1v) is 7.86. The van der Waals surface area contributed by atoms with E-state index in [4.69, 9.17) is 0 Å². The molecule has 1 amide bonds. The average Bonchev–Trinajstić information content (AvgIpc) is 3.29. The number of nitrogens with one attached hydrogen (secondary N) is 2. The van der Waals surface area contributed by atoms with Gasteiger partial charge in [-0.3, -0.25) is 14.2 Å². The van der Waals surface area contributed by atoms with Crippen LogP contribution in [0.2, 0.25) is 0 Å². The number of H-pyrrole nitrogens is 1. The number of carbonyl (C=O) groups is 1. The number of aromatic amines is 1. The van der Waals surface area contributed by atoms with Crippen LogP contribution in [0, 0.1) is 12.8 Å². The van der Waals surface area contributed by atoms with Gasteiger partial charge in [0.15, 0.2) is 0 Å². The molecule has 2 N–H and O–H groups in total. The number of hydrogen-bond donors (Lipinski definition) is 2. The van der Waals surface area contributed by atoms with Gasteiger partial charge >= 0.3 is 0 Å². The number of amides is 1. The Hall–Kier alpha value is -2.63. The van der Waals surface area contributed by atoms with E-state index in [1.165, 1.54) is 23.7 Å². The largest absolute Gasteiger partial charge is 0.354 e. The van der Waals surface area contributed by atoms with Crippen molar-refractivity contribution in [3.05, 3.63) is 40.4 Å². The highest BCUT2D eigenvalue weighted by atomic mass is 16.2. The Labute approximate surface area is 132 Å². The number of benzene rings is 1. The Balaban J connectivity index is 1.68. The summed E-state index contributed by atoms with van der Waals surface area (Å²) in [5, 5.41) is 3.80. The lowest BCUT2D eigenvalue weighted by atomic mass is 10.2. The van der Waals surface area contributed by atoms with E-state index >= 15 is 0 Å². The molecule has 1 aromatic carbocycles. The highest BCUT2D eigenvalue weighted by Gasteiger charge is 2.21. The fourth-order valence-electron chi connectivity index (χ4n) is 2.81. The van der Waals surface area contributed by atoms with Gasteiger partial charge in [0, 0.05) is 17.4 Å². The molecule has 0 aliphatic heterocycles. The summed E-state index contributed by atoms with van der Waals surface area (Å²) < 4.78 is 1.35. The fourth-order valence-corrected chi connectivity index (χ4v) is 2.81. The molecule has 23 heavy (non-hydrogen) atoms. The third-order valence-electron chi connectivity index (χ3n) is 4.33. The number of nitrogens with zero attached hydrogens (tertiary/aromatic N) is 2. The highest BCUT2D eigenvalue weighted by molar-refractivity contribution is 6.04. The van der Waals surface area contributed by atoms with Crippen molar-refractivity contribution >= 4 is 27.8 Å². The smallest absolute Gasteiger partial charge is 0.278 e. The molecule has 0 bridgehead atoms. The van der Waals surface area contributed by atoms with Crippen LogP contribution in [0.15, 0.2) is 29.3 Å². The normalized spacial score (nSPS) is 14.5. The Morgan fingerprint density at radius 1 is 1.43 bits per heavy atom. The number of carbonyl (C=O) groups excluding carboxylic acids is 1. The standard InChI is InChI=1S/C17H18N4O2/c1-10-2-5-13-12(6-10)15-16(20-13)17(23)21(9-19-15)8-14(22)18-7-11-3-4-11/h2,5-6,9,11,20H,3-4,7-8H2,1H3,(H,18,22). The quantitative estimate of drug-likeness (QED) is 0.770. The van der Waals surface area contributed by atoms with Crippen LogP contribution in [0.4, 0.5) is 0 Å². The van der Waals surface area contributed by atoms with Crippen LogP contribution in [0.5, 0.6) is 0 Å². The molecule has 6 nitrogen and oxygen atoms in total. The maximum Gasteiger partial charge on any atom is 0.278 e. The van der Waals surface area contributed by atoms with E-state index in [0.29, 0.717) is 23.5 Å². The first-order valence-electron chi connectivity index (χ1n) is 7.86. The van der Waals surface area contributed by atoms with Crippen LogP contribution in [0.25, 0.3) is 21.9 Å². The molecule has 1 saturated carbocycles. The molecule has 0 saturated heterocycles. The van der Waals surface area contributed by atoms with Crippen molar-refractivity contribution in [1.82, 2.24) is 19.9 Å². The first kappa shape index (κ1) is 14.0. The van der Waals surface area contributed by atoms with Gasteiger partial charge in [0.05, 0.1) is 6.33 Å². The van der Waals surface area contributed by atoms with E-state index < -0.39 is 0 Å². The molecule has 118 valence electrons. The summed E-state index contributed by atoms with van der Waals surface area (Å²) in [5.41, 5.74) is 2.88. The zero-order valence-corrected chi connectivity index (χ0v) is 12.9. The van der Waals surface area contributed by atoms with Gasteiger partial charge in [-0.2, -0.15) is 0 Å². The Bertz CT molecular complexity index is 966. The van der Waals surface area contributed by atoms with Crippen molar-refractivity contribution in [3.8, 4) is 0 Å². The zero-order chi connectivity index (χ0) is 16.0. The van der Waals surface area contributed by atoms with Crippen LogP contribution >= 0.6 is 0 Å². The van der Waals surface area contributed by atoms with Crippen LogP contribution < -0.4 is 10.9 Å². The summed E-state index contributed by atoms with van der Waals surface area (Å²) in [6, 6.07) is 5.94. The van der Waals surface area contributed by atoms with Crippen molar-refractivity contribution in [2.24, 2.45) is 5.92 Å². The van der Waals surface area contributed by atoms with Crippen molar-refractivity contribution in [1.29, 1.82) is 0 Å². The maximum absolute atomic E-state index is 12.6. The molecule has 6 heteroatoms. The van der Waals surface area contributed by atoms with Gasteiger partial charge in [-0.05, 0) is 37.8 Å². The molecule has 4 rings (SSSR count). The van der Waals surface area contributed by atoms with Gasteiger partial charge in [-0.1, -0.05) is 11.6 Å². The Morgan fingerprint density at radius 2 is 2.26 bits per heavy atom. The molecule has 2 heterocycles. The highest BCUT2D eigenvalue weighted by Crippen LogP contribution is 2.27. The second-order valence-electron chi connectivity index (χ2n) is 6.32. The van der Waals surface area contributed by atoms with E-state index in [1.807, 2.05) is 25.1 Å². The summed E-state index contributed by atoms with van der Waals surface area (Å²) in [6.07, 6.45) is 3.82. The van der Waals surface area contributed by atoms with Crippen LogP contribution in [0.1, 0.15) is 18.4 Å². The number of aromatic nitrogens is 3. The van der Waals surface area contributed by atoms with E-state index in [-0.39, 0.29) is 18.0 Å². The van der Waals surface area contributed by atoms with Gasteiger partial charge in [0.1, 0.15) is 17.6 Å². The molecule has 0 unspecified atom stereocenters. The lowest BCUT2D eigenvalue weighted by molar-refractivity contribution is -0.121. The number of fused-ring (bicyclic) bond motifs is 3.